The van der Waals surface area contributed by atoms with Crippen LogP contribution in [0.2, 0.25) is 0 Å². The highest BCUT2D eigenvalue weighted by Gasteiger charge is 2.54. The molecule has 1 saturated heterocycles. The Bertz CT molecular complexity index is 861. The Morgan fingerprint density at radius 1 is 1.28 bits per heavy atom. The highest BCUT2D eigenvalue weighted by molar-refractivity contribution is 8.00. The van der Waals surface area contributed by atoms with Crippen LogP contribution >= 0.6 is 11.8 Å². The van der Waals surface area contributed by atoms with Crippen LogP contribution in [0.1, 0.15) is 20.8 Å². The number of nitrogens with zero attached hydrogens (tertiary/aromatic N) is 1. The van der Waals surface area contributed by atoms with Gasteiger partial charge in [-0.3, -0.25) is 19.3 Å². The second-order valence-corrected chi connectivity index (χ2v) is 8.66. The number of para-hydroxylation sites is 1. The largest absolute Gasteiger partial charge is 0.484 e. The molecule has 2 aliphatic heterocycles. The Hall–Kier alpha value is -2.81. The first-order valence-corrected chi connectivity index (χ1v) is 10.1. The van der Waals surface area contributed by atoms with Gasteiger partial charge < -0.3 is 14.8 Å². The lowest BCUT2D eigenvalue weighted by molar-refractivity contribution is -0.159. The molecular formula is C20H22N2O6S. The topological polar surface area (TPSA) is 102 Å². The Morgan fingerprint density at radius 2 is 1.97 bits per heavy atom. The van der Waals surface area contributed by atoms with Gasteiger partial charge in [-0.25, -0.2) is 4.79 Å². The summed E-state index contributed by atoms with van der Waals surface area (Å²) in [4.78, 5) is 50.0. The Balaban J connectivity index is 1.66. The first-order valence-electron chi connectivity index (χ1n) is 9.05. The molecule has 2 heterocycles. The second kappa shape index (κ2) is 8.28. The van der Waals surface area contributed by atoms with Gasteiger partial charge in [0.15, 0.2) is 6.61 Å². The molecule has 154 valence electrons. The SMILES string of the molecule is CC(C)(C)OC(=O)C1=C(C=O)CS[C@@H]2C(NC(=O)COc3ccccc3)C(=O)N12. The number of benzene rings is 1. The average molecular weight is 418 g/mol. The molecule has 9 heteroatoms. The maximum atomic E-state index is 12.6. The number of ether oxygens (including phenoxy) is 2. The summed E-state index contributed by atoms with van der Waals surface area (Å²) in [6.45, 7) is 4.87. The number of rotatable bonds is 6. The van der Waals surface area contributed by atoms with Crippen molar-refractivity contribution in [3.05, 3.63) is 41.6 Å². The molecule has 2 aliphatic rings. The maximum absolute atomic E-state index is 12.6. The monoisotopic (exact) mass is 418 g/mol. The van der Waals surface area contributed by atoms with Crippen LogP contribution in [0, 0.1) is 0 Å². The van der Waals surface area contributed by atoms with E-state index in [1.165, 1.54) is 16.7 Å². The molecule has 8 nitrogen and oxygen atoms in total. The van der Waals surface area contributed by atoms with E-state index in [9.17, 15) is 19.2 Å². The van der Waals surface area contributed by atoms with E-state index in [1.807, 2.05) is 6.07 Å². The van der Waals surface area contributed by atoms with Gasteiger partial charge in [0, 0.05) is 11.3 Å². The van der Waals surface area contributed by atoms with Crippen LogP contribution < -0.4 is 10.1 Å². The summed E-state index contributed by atoms with van der Waals surface area (Å²) in [6, 6.07) is 8.05. The van der Waals surface area contributed by atoms with Crippen LogP contribution in [-0.4, -0.2) is 58.3 Å². The summed E-state index contributed by atoms with van der Waals surface area (Å²) < 4.78 is 10.7. The van der Waals surface area contributed by atoms with Crippen molar-refractivity contribution in [2.24, 2.45) is 0 Å². The third-order valence-corrected chi connectivity index (χ3v) is 5.46. The molecule has 1 aromatic rings. The van der Waals surface area contributed by atoms with Crippen molar-refractivity contribution < 1.29 is 28.7 Å². The summed E-state index contributed by atoms with van der Waals surface area (Å²) in [5.41, 5.74) is -0.616. The van der Waals surface area contributed by atoms with Crippen molar-refractivity contribution in [1.29, 1.82) is 0 Å². The standard InChI is InChI=1S/C20H22N2O6S/c1-20(2,3)28-19(26)16-12(9-23)11-29-18-15(17(25)22(16)18)21-14(24)10-27-13-7-5-4-6-8-13/h4-9,15,18H,10-11H2,1-3H3,(H,21,24)/t15?,18-/m1/s1. The summed E-state index contributed by atoms with van der Waals surface area (Å²) in [5.74, 6) is -0.844. The van der Waals surface area contributed by atoms with Gasteiger partial charge in [0.25, 0.3) is 11.8 Å². The third kappa shape index (κ3) is 4.61. The van der Waals surface area contributed by atoms with Crippen LogP contribution in [-0.2, 0) is 23.9 Å². The van der Waals surface area contributed by atoms with E-state index in [0.717, 1.165) is 0 Å². The molecule has 0 aliphatic carbocycles. The highest BCUT2D eigenvalue weighted by Crippen LogP contribution is 2.40. The zero-order valence-electron chi connectivity index (χ0n) is 16.3. The van der Waals surface area contributed by atoms with Crippen molar-refractivity contribution in [3.63, 3.8) is 0 Å². The number of thioether (sulfide) groups is 1. The molecular weight excluding hydrogens is 396 g/mol. The van der Waals surface area contributed by atoms with Gasteiger partial charge in [0.1, 0.15) is 34.7 Å². The molecule has 1 N–H and O–H groups in total. The van der Waals surface area contributed by atoms with E-state index in [1.54, 1.807) is 45.0 Å². The molecule has 29 heavy (non-hydrogen) atoms. The van der Waals surface area contributed by atoms with Crippen LogP contribution in [0.15, 0.2) is 41.6 Å². The number of hydrogen-bond donors (Lipinski definition) is 1. The van der Waals surface area contributed by atoms with Gasteiger partial charge in [-0.2, -0.15) is 0 Å². The number of hydrogen-bond acceptors (Lipinski definition) is 7. The van der Waals surface area contributed by atoms with E-state index < -0.39 is 34.8 Å². The first kappa shape index (κ1) is 20.9. The summed E-state index contributed by atoms with van der Waals surface area (Å²) in [5, 5.41) is 2.16. The number of aldehydes is 1. The predicted octanol–water partition coefficient (Wildman–Crippen LogP) is 1.26. The van der Waals surface area contributed by atoms with Gasteiger partial charge in [-0.1, -0.05) is 18.2 Å². The van der Waals surface area contributed by atoms with E-state index in [4.69, 9.17) is 9.47 Å². The minimum atomic E-state index is -0.794. The minimum absolute atomic E-state index is 0.0466. The van der Waals surface area contributed by atoms with E-state index >= 15 is 0 Å². The van der Waals surface area contributed by atoms with Crippen molar-refractivity contribution in [1.82, 2.24) is 10.2 Å². The van der Waals surface area contributed by atoms with Crippen molar-refractivity contribution >= 4 is 35.8 Å². The van der Waals surface area contributed by atoms with Crippen molar-refractivity contribution in [2.45, 2.75) is 37.8 Å². The van der Waals surface area contributed by atoms with Crippen molar-refractivity contribution in [2.75, 3.05) is 12.4 Å². The van der Waals surface area contributed by atoms with Gasteiger partial charge >= 0.3 is 5.97 Å². The molecule has 0 aromatic heterocycles. The van der Waals surface area contributed by atoms with Crippen LogP contribution in [0.25, 0.3) is 0 Å². The number of nitrogens with one attached hydrogen (secondary N) is 1. The number of carbonyl (C=O) groups is 4. The third-order valence-electron chi connectivity index (χ3n) is 4.16. The molecule has 0 bridgehead atoms. The summed E-state index contributed by atoms with van der Waals surface area (Å²) >= 11 is 1.31. The molecule has 0 saturated carbocycles. The Labute approximate surface area is 172 Å². The fraction of sp³-hybridized carbons (Fsp3) is 0.400. The molecule has 2 atom stereocenters. The number of esters is 1. The van der Waals surface area contributed by atoms with Gasteiger partial charge in [-0.15, -0.1) is 11.8 Å². The maximum Gasteiger partial charge on any atom is 0.356 e. The Morgan fingerprint density at radius 3 is 2.59 bits per heavy atom. The minimum Gasteiger partial charge on any atom is -0.484 e. The number of amides is 2. The lowest BCUT2D eigenvalue weighted by Crippen LogP contribution is -2.71. The molecule has 0 spiro atoms. The zero-order valence-corrected chi connectivity index (χ0v) is 17.2. The summed E-state index contributed by atoms with van der Waals surface area (Å²) in [6.07, 6.45) is 0.565. The first-order chi connectivity index (χ1) is 13.7. The van der Waals surface area contributed by atoms with E-state index in [2.05, 4.69) is 5.32 Å². The molecule has 1 aromatic carbocycles. The lowest BCUT2D eigenvalue weighted by atomic mass is 10.0. The molecule has 3 rings (SSSR count). The quantitative estimate of drug-likeness (QED) is 0.422. The van der Waals surface area contributed by atoms with Crippen molar-refractivity contribution in [3.8, 4) is 5.75 Å². The summed E-state index contributed by atoms with van der Waals surface area (Å²) in [7, 11) is 0. The smallest absolute Gasteiger partial charge is 0.356 e. The molecule has 1 unspecified atom stereocenters. The lowest BCUT2D eigenvalue weighted by Gasteiger charge is -2.49. The fourth-order valence-electron chi connectivity index (χ4n) is 2.93. The van der Waals surface area contributed by atoms with Gasteiger partial charge in [0.2, 0.25) is 0 Å². The van der Waals surface area contributed by atoms with Gasteiger partial charge in [0.05, 0.1) is 0 Å². The van der Waals surface area contributed by atoms with E-state index in [-0.39, 0.29) is 23.6 Å². The normalized spacial score (nSPS) is 21.1. The number of β-lactam (4-membered cyclic amide) rings is 1. The molecule has 2 amide bonds. The van der Waals surface area contributed by atoms with Crippen LogP contribution in [0.3, 0.4) is 0 Å². The van der Waals surface area contributed by atoms with Crippen LogP contribution in [0.4, 0.5) is 0 Å². The fourth-order valence-corrected chi connectivity index (χ4v) is 4.22. The Kier molecular flexibility index (Phi) is 5.97. The average Bonchev–Trinajstić information content (AvgIpc) is 2.68. The van der Waals surface area contributed by atoms with E-state index in [0.29, 0.717) is 12.0 Å². The molecule has 1 fully saturated rings. The second-order valence-electron chi connectivity index (χ2n) is 7.55. The van der Waals surface area contributed by atoms with Gasteiger partial charge in [-0.05, 0) is 32.9 Å². The van der Waals surface area contributed by atoms with Crippen LogP contribution in [0.5, 0.6) is 5.75 Å². The highest BCUT2D eigenvalue weighted by atomic mass is 32.2. The number of fused-ring (bicyclic) bond motifs is 1. The predicted molar refractivity (Wildman–Crippen MR) is 106 cm³/mol. The zero-order chi connectivity index (χ0) is 21.2. The molecule has 0 radical (unpaired) electrons. The number of carbonyl (C=O) groups excluding carboxylic acids is 4.